The summed E-state index contributed by atoms with van der Waals surface area (Å²) in [6.07, 6.45) is 1.64. The van der Waals surface area contributed by atoms with Crippen molar-refractivity contribution in [2.45, 2.75) is 39.2 Å². The van der Waals surface area contributed by atoms with Crippen LogP contribution in [0.4, 0.5) is 0 Å². The molecule has 1 aromatic carbocycles. The van der Waals surface area contributed by atoms with E-state index < -0.39 is 5.92 Å². The van der Waals surface area contributed by atoms with E-state index in [1.54, 1.807) is 29.9 Å². The molecule has 2 N–H and O–H groups in total. The summed E-state index contributed by atoms with van der Waals surface area (Å²) in [4.78, 5) is 13.4. The highest BCUT2D eigenvalue weighted by Crippen LogP contribution is 2.42. The monoisotopic (exact) mass is 395 g/mol. The van der Waals surface area contributed by atoms with Gasteiger partial charge in [-0.3, -0.25) is 4.79 Å². The van der Waals surface area contributed by atoms with Gasteiger partial charge in [-0.2, -0.15) is 5.26 Å². The lowest BCUT2D eigenvalue weighted by molar-refractivity contribution is 0.354. The summed E-state index contributed by atoms with van der Waals surface area (Å²) in [5.41, 5.74) is 8.10. The van der Waals surface area contributed by atoms with Crippen LogP contribution >= 0.6 is 0 Å². The summed E-state index contributed by atoms with van der Waals surface area (Å²) >= 11 is 0. The van der Waals surface area contributed by atoms with Gasteiger partial charge >= 0.3 is 0 Å². The minimum absolute atomic E-state index is 0.0101. The van der Waals surface area contributed by atoms with Crippen LogP contribution in [0.5, 0.6) is 17.2 Å². The molecule has 1 aromatic heterocycles. The van der Waals surface area contributed by atoms with Gasteiger partial charge in [-0.1, -0.05) is 19.4 Å². The lowest BCUT2D eigenvalue weighted by Gasteiger charge is -2.28. The molecule has 0 aliphatic carbocycles. The second-order valence-corrected chi connectivity index (χ2v) is 6.75. The topological polar surface area (TPSA) is 99.5 Å². The molecule has 7 nitrogen and oxygen atoms in total. The minimum Gasteiger partial charge on any atom is -0.493 e. The van der Waals surface area contributed by atoms with Crippen molar-refractivity contribution in [3.63, 3.8) is 0 Å². The molecule has 2 aromatic rings. The highest BCUT2D eigenvalue weighted by Gasteiger charge is 2.35. The van der Waals surface area contributed by atoms with E-state index >= 15 is 0 Å². The molecule has 0 saturated carbocycles. The van der Waals surface area contributed by atoms with Crippen molar-refractivity contribution in [2.75, 3.05) is 14.2 Å². The van der Waals surface area contributed by atoms with Crippen molar-refractivity contribution in [2.24, 2.45) is 5.73 Å². The van der Waals surface area contributed by atoms with Crippen LogP contribution in [-0.2, 0) is 13.0 Å². The smallest absolute Gasteiger partial charge is 0.258 e. The zero-order chi connectivity index (χ0) is 21.1. The number of nitrogens with zero attached hydrogens (tertiary/aromatic N) is 2. The van der Waals surface area contributed by atoms with Gasteiger partial charge in [0.25, 0.3) is 5.56 Å². The summed E-state index contributed by atoms with van der Waals surface area (Å²) in [5, 5.41) is 9.77. The number of nitriles is 1. The number of allylic oxidation sites excluding steroid dienone is 1. The van der Waals surface area contributed by atoms with Crippen LogP contribution in [0.1, 0.15) is 43.0 Å². The molecule has 152 valence electrons. The predicted molar refractivity (Wildman–Crippen MR) is 109 cm³/mol. The number of hydrogen-bond acceptors (Lipinski definition) is 6. The Balaban J connectivity index is 2.30. The maximum atomic E-state index is 13.4. The number of ether oxygens (including phenoxy) is 3. The van der Waals surface area contributed by atoms with Crippen molar-refractivity contribution < 1.29 is 14.2 Å². The van der Waals surface area contributed by atoms with Gasteiger partial charge in [0.1, 0.15) is 17.4 Å². The summed E-state index contributed by atoms with van der Waals surface area (Å²) in [6, 6.07) is 9.30. The molecule has 3 rings (SSSR count). The third-order valence-electron chi connectivity index (χ3n) is 5.13. The molecule has 2 heterocycles. The first-order chi connectivity index (χ1) is 14.0. The second kappa shape index (κ2) is 8.31. The zero-order valence-corrected chi connectivity index (χ0v) is 17.1. The Morgan fingerprint density at radius 2 is 1.93 bits per heavy atom. The zero-order valence-electron chi connectivity index (χ0n) is 17.1. The van der Waals surface area contributed by atoms with E-state index in [4.69, 9.17) is 19.9 Å². The van der Waals surface area contributed by atoms with Crippen LogP contribution in [0.3, 0.4) is 0 Å². The van der Waals surface area contributed by atoms with Gasteiger partial charge in [-0.25, -0.2) is 0 Å². The Morgan fingerprint density at radius 3 is 2.52 bits per heavy atom. The lowest BCUT2D eigenvalue weighted by Crippen LogP contribution is -2.33. The highest BCUT2D eigenvalue weighted by atomic mass is 16.5. The number of nitrogens with two attached hydrogens (primary N) is 1. The van der Waals surface area contributed by atoms with Crippen molar-refractivity contribution >= 4 is 0 Å². The first kappa shape index (κ1) is 20.3. The highest BCUT2D eigenvalue weighted by molar-refractivity contribution is 5.57. The molecule has 1 unspecified atom stereocenters. The molecular formula is C22H25N3O4. The number of aromatic nitrogens is 1. The third kappa shape index (κ3) is 3.42. The summed E-state index contributed by atoms with van der Waals surface area (Å²) in [6.45, 7) is 4.51. The number of aryl methyl sites for hydroxylation is 1. The summed E-state index contributed by atoms with van der Waals surface area (Å²) in [7, 11) is 3.09. The molecule has 0 saturated heterocycles. The predicted octanol–water partition coefficient (Wildman–Crippen LogP) is 3.06. The van der Waals surface area contributed by atoms with Gasteiger partial charge in [-0.15, -0.1) is 0 Å². The number of benzene rings is 1. The van der Waals surface area contributed by atoms with Crippen molar-refractivity contribution in [1.29, 1.82) is 5.26 Å². The Labute approximate surface area is 169 Å². The molecule has 0 bridgehead atoms. The van der Waals surface area contributed by atoms with Crippen molar-refractivity contribution in [1.82, 2.24) is 4.57 Å². The lowest BCUT2D eigenvalue weighted by atomic mass is 9.83. The maximum Gasteiger partial charge on any atom is 0.258 e. The molecule has 1 aliphatic rings. The van der Waals surface area contributed by atoms with E-state index in [9.17, 15) is 10.1 Å². The molecule has 0 fully saturated rings. The fourth-order valence-corrected chi connectivity index (χ4v) is 3.79. The van der Waals surface area contributed by atoms with Gasteiger partial charge in [0.15, 0.2) is 11.5 Å². The Morgan fingerprint density at radius 1 is 1.21 bits per heavy atom. The number of pyridine rings is 1. The molecular weight excluding hydrogens is 370 g/mol. The maximum absolute atomic E-state index is 13.4. The van der Waals surface area contributed by atoms with E-state index in [1.807, 2.05) is 13.0 Å². The number of hydrogen-bond donors (Lipinski definition) is 1. The van der Waals surface area contributed by atoms with Crippen LogP contribution in [0.15, 0.2) is 40.5 Å². The standard InChI is InChI=1S/C22H25N3O4/c1-5-7-14-11-18-20(22(26)25(14)6-2)19(15(12-23)21(24)29-18)13-8-9-16(27-3)17(10-13)28-4/h8-11,19H,5-7,24H2,1-4H3. The number of methoxy groups -OCH3 is 2. The molecule has 1 aliphatic heterocycles. The van der Waals surface area contributed by atoms with E-state index in [1.165, 1.54) is 7.11 Å². The van der Waals surface area contributed by atoms with E-state index in [0.717, 1.165) is 18.5 Å². The van der Waals surface area contributed by atoms with Crippen LogP contribution in [0.2, 0.25) is 0 Å². The second-order valence-electron chi connectivity index (χ2n) is 6.75. The average Bonchev–Trinajstić information content (AvgIpc) is 2.72. The van der Waals surface area contributed by atoms with Gasteiger partial charge in [0, 0.05) is 18.3 Å². The molecule has 0 amide bonds. The fraction of sp³-hybridized carbons (Fsp3) is 0.364. The van der Waals surface area contributed by atoms with Gasteiger partial charge in [0.2, 0.25) is 5.88 Å². The Hall–Kier alpha value is -3.40. The van der Waals surface area contributed by atoms with Crippen molar-refractivity contribution in [3.05, 3.63) is 62.9 Å². The largest absolute Gasteiger partial charge is 0.493 e. The minimum atomic E-state index is -0.649. The molecule has 0 spiro atoms. The van der Waals surface area contributed by atoms with Crippen LogP contribution in [-0.4, -0.2) is 18.8 Å². The third-order valence-corrected chi connectivity index (χ3v) is 5.13. The fourth-order valence-electron chi connectivity index (χ4n) is 3.79. The molecule has 0 radical (unpaired) electrons. The van der Waals surface area contributed by atoms with E-state index in [-0.39, 0.29) is 17.0 Å². The molecule has 1 atom stereocenters. The molecule has 7 heteroatoms. The summed E-state index contributed by atoms with van der Waals surface area (Å²) in [5.74, 6) is 0.829. The van der Waals surface area contributed by atoms with Crippen LogP contribution in [0, 0.1) is 11.3 Å². The summed E-state index contributed by atoms with van der Waals surface area (Å²) < 4.78 is 18.2. The van der Waals surface area contributed by atoms with Crippen molar-refractivity contribution in [3.8, 4) is 23.3 Å². The SMILES string of the molecule is CCCc1cc2c(c(=O)n1CC)C(c1ccc(OC)c(OC)c1)C(C#N)=C(N)O2. The van der Waals surface area contributed by atoms with Crippen LogP contribution in [0.25, 0.3) is 0 Å². The molecule has 29 heavy (non-hydrogen) atoms. The van der Waals surface area contributed by atoms with E-state index in [0.29, 0.717) is 34.9 Å². The van der Waals surface area contributed by atoms with Gasteiger partial charge in [0.05, 0.1) is 25.7 Å². The normalized spacial score (nSPS) is 15.3. The van der Waals surface area contributed by atoms with Gasteiger partial charge < -0.3 is 24.5 Å². The number of rotatable bonds is 6. The Bertz CT molecular complexity index is 1060. The van der Waals surface area contributed by atoms with Crippen LogP contribution < -0.4 is 25.5 Å². The van der Waals surface area contributed by atoms with Gasteiger partial charge in [-0.05, 0) is 31.0 Å². The Kier molecular flexibility index (Phi) is 5.83. The van der Waals surface area contributed by atoms with E-state index in [2.05, 4.69) is 13.0 Å². The quantitative estimate of drug-likeness (QED) is 0.807. The average molecular weight is 395 g/mol. The first-order valence-electron chi connectivity index (χ1n) is 9.56. The number of fused-ring (bicyclic) bond motifs is 1. The first-order valence-corrected chi connectivity index (χ1v) is 9.56.